The fraction of sp³-hybridized carbons (Fsp3) is 0.706. The van der Waals surface area contributed by atoms with E-state index in [4.69, 9.17) is 9.47 Å². The molecule has 0 radical (unpaired) electrons. The fourth-order valence-corrected chi connectivity index (χ4v) is 5.23. The number of hydrogen-bond donors (Lipinski definition) is 2. The molecule has 1 aromatic rings. The number of carbonyl (C=O) groups excluding carboxylic acids is 1. The number of nitrogens with one attached hydrogen (secondary N) is 1. The van der Waals surface area contributed by atoms with E-state index in [2.05, 4.69) is 4.98 Å². The second kappa shape index (κ2) is 7.22. The van der Waals surface area contributed by atoms with Gasteiger partial charge in [-0.25, -0.2) is 4.79 Å². The van der Waals surface area contributed by atoms with Crippen molar-refractivity contribution in [3.63, 3.8) is 0 Å². The van der Waals surface area contributed by atoms with E-state index in [1.807, 2.05) is 33.9 Å². The maximum Gasteiger partial charge on any atom is 0.330 e. The van der Waals surface area contributed by atoms with Gasteiger partial charge in [-0.15, -0.1) is 0 Å². The minimum Gasteiger partial charge on any atom is -0.383 e. The van der Waals surface area contributed by atoms with Crippen molar-refractivity contribution in [3.05, 3.63) is 32.6 Å². The lowest BCUT2D eigenvalue weighted by molar-refractivity contribution is -0.147. The number of rotatable bonds is 5. The van der Waals surface area contributed by atoms with Crippen molar-refractivity contribution in [2.24, 2.45) is 0 Å². The number of carbonyl (C=O) groups is 1. The molecule has 0 spiro atoms. The first kappa shape index (κ1) is 20.8. The second-order valence-electron chi connectivity index (χ2n) is 8.12. The number of nitrogens with zero attached hydrogens (tertiary/aromatic N) is 1. The molecule has 1 aliphatic heterocycles. The summed E-state index contributed by atoms with van der Waals surface area (Å²) in [5.74, 6) is 0. The average Bonchev–Trinajstić information content (AvgIpc) is 2.88. The van der Waals surface area contributed by atoms with Crippen LogP contribution >= 0.6 is 0 Å². The predicted octanol–water partition coefficient (Wildman–Crippen LogP) is 0.0561. The normalized spacial score (nSPS) is 27.7. The molecule has 8 nitrogen and oxygen atoms in total. The third kappa shape index (κ3) is 3.90. The lowest BCUT2D eigenvalue weighted by Gasteiger charge is -2.35. The Balaban J connectivity index is 2.59. The molecular weight excluding hydrogens is 356 g/mol. The standard InChI is InChI=1S/C17H28N2O6Si/c1-10-8-19(15(23)18-14(10)22)17(26(5)6)7-12(24-16(2,3)4)13(25-17)11(21)9-20/h8-9,11-13,21,26H,7H2,1-6H3,(H,18,22,23)/t11?,12-,13+,17-/m0/s1. The Morgan fingerprint density at radius 2 is 2.08 bits per heavy atom. The number of ether oxygens (including phenoxy) is 2. The highest BCUT2D eigenvalue weighted by Gasteiger charge is 2.54. The number of hydrogen-bond acceptors (Lipinski definition) is 6. The van der Waals surface area contributed by atoms with Gasteiger partial charge >= 0.3 is 5.69 Å². The summed E-state index contributed by atoms with van der Waals surface area (Å²) >= 11 is 0. The molecule has 1 unspecified atom stereocenters. The summed E-state index contributed by atoms with van der Waals surface area (Å²) in [6.07, 6.45) is -0.600. The molecule has 9 heteroatoms. The highest BCUT2D eigenvalue weighted by molar-refractivity contribution is 6.58. The Morgan fingerprint density at radius 3 is 2.58 bits per heavy atom. The molecule has 146 valence electrons. The third-order valence-corrected chi connectivity index (χ3v) is 7.07. The fourth-order valence-electron chi connectivity index (χ4n) is 3.35. The summed E-state index contributed by atoms with van der Waals surface area (Å²) in [5.41, 5.74) is -1.15. The van der Waals surface area contributed by atoms with Crippen LogP contribution in [0.25, 0.3) is 0 Å². The molecule has 0 aliphatic carbocycles. The van der Waals surface area contributed by atoms with E-state index in [1.165, 1.54) is 10.8 Å². The minimum absolute atomic E-state index is 0.315. The Hall–Kier alpha value is -1.55. The molecular formula is C17H28N2O6Si. The van der Waals surface area contributed by atoms with Crippen molar-refractivity contribution in [1.29, 1.82) is 0 Å². The zero-order chi connectivity index (χ0) is 19.9. The number of H-pyrrole nitrogens is 1. The molecule has 4 atom stereocenters. The van der Waals surface area contributed by atoms with Crippen LogP contribution < -0.4 is 11.2 Å². The number of aliphatic hydroxyl groups is 1. The molecule has 2 rings (SSSR count). The van der Waals surface area contributed by atoms with Crippen LogP contribution in [0.3, 0.4) is 0 Å². The quantitative estimate of drug-likeness (QED) is 0.548. The van der Waals surface area contributed by atoms with Gasteiger partial charge < -0.3 is 19.4 Å². The molecule has 1 aliphatic rings. The predicted molar refractivity (Wildman–Crippen MR) is 99.1 cm³/mol. The van der Waals surface area contributed by atoms with Gasteiger partial charge in [-0.1, -0.05) is 13.1 Å². The summed E-state index contributed by atoms with van der Waals surface area (Å²) < 4.78 is 13.6. The van der Waals surface area contributed by atoms with E-state index in [0.29, 0.717) is 18.3 Å². The molecule has 1 fully saturated rings. The van der Waals surface area contributed by atoms with E-state index in [9.17, 15) is 19.5 Å². The molecule has 2 N–H and O–H groups in total. The molecule has 26 heavy (non-hydrogen) atoms. The Labute approximate surface area is 153 Å². The monoisotopic (exact) mass is 384 g/mol. The molecule has 0 aromatic carbocycles. The van der Waals surface area contributed by atoms with E-state index < -0.39 is 49.3 Å². The van der Waals surface area contributed by atoms with Gasteiger partial charge in [0.1, 0.15) is 17.6 Å². The summed E-state index contributed by atoms with van der Waals surface area (Å²) in [6.45, 7) is 11.3. The second-order valence-corrected chi connectivity index (χ2v) is 11.3. The number of aldehydes is 1. The van der Waals surface area contributed by atoms with E-state index >= 15 is 0 Å². The Bertz CT molecular complexity index is 781. The third-order valence-electron chi connectivity index (χ3n) is 4.61. The summed E-state index contributed by atoms with van der Waals surface area (Å²) in [6, 6.07) is 0. The lowest BCUT2D eigenvalue weighted by Crippen LogP contribution is -2.52. The number of aromatic amines is 1. The number of aryl methyl sites for hydroxylation is 1. The largest absolute Gasteiger partial charge is 0.383 e. The summed E-state index contributed by atoms with van der Waals surface area (Å²) in [5, 5.41) is 9.13. The van der Waals surface area contributed by atoms with Gasteiger partial charge in [-0.3, -0.25) is 14.3 Å². The molecule has 0 bridgehead atoms. The molecule has 1 aromatic heterocycles. The van der Waals surface area contributed by atoms with E-state index in [-0.39, 0.29) is 0 Å². The van der Waals surface area contributed by atoms with Gasteiger partial charge in [0.2, 0.25) is 0 Å². The Kier molecular flexibility index (Phi) is 5.76. The molecule has 0 amide bonds. The van der Waals surface area contributed by atoms with Gasteiger partial charge in [-0.2, -0.15) is 0 Å². The molecule has 1 saturated heterocycles. The maximum atomic E-state index is 12.5. The van der Waals surface area contributed by atoms with E-state index in [0.717, 1.165) is 0 Å². The lowest BCUT2D eigenvalue weighted by atomic mass is 10.1. The van der Waals surface area contributed by atoms with Gasteiger partial charge in [0.05, 0.1) is 20.5 Å². The van der Waals surface area contributed by atoms with Crippen LogP contribution in [0.4, 0.5) is 0 Å². The zero-order valence-corrected chi connectivity index (χ0v) is 17.3. The molecule has 0 saturated carbocycles. The average molecular weight is 385 g/mol. The van der Waals surface area contributed by atoms with Crippen molar-refractivity contribution in [1.82, 2.24) is 9.55 Å². The van der Waals surface area contributed by atoms with Crippen LogP contribution in [0.5, 0.6) is 0 Å². The summed E-state index contributed by atoms with van der Waals surface area (Å²) in [4.78, 5) is 37.7. The first-order valence-corrected chi connectivity index (χ1v) is 11.6. The highest BCUT2D eigenvalue weighted by atomic mass is 28.3. The van der Waals surface area contributed by atoms with Gasteiger partial charge in [-0.05, 0) is 27.7 Å². The van der Waals surface area contributed by atoms with Crippen molar-refractivity contribution in [2.75, 3.05) is 0 Å². The van der Waals surface area contributed by atoms with Crippen molar-refractivity contribution in [3.8, 4) is 0 Å². The SMILES string of the molecule is Cc1cn([C@@]2([SiH](C)C)C[C@H](OC(C)(C)C)[C@@H](C(O)C=O)O2)c(=O)[nH]c1=O. The van der Waals surface area contributed by atoms with Crippen LogP contribution in [0.1, 0.15) is 32.8 Å². The number of aliphatic hydroxyl groups excluding tert-OH is 1. The van der Waals surface area contributed by atoms with Crippen molar-refractivity contribution in [2.45, 2.75) is 76.5 Å². The number of aromatic nitrogens is 2. The van der Waals surface area contributed by atoms with Crippen molar-refractivity contribution >= 4 is 15.1 Å². The van der Waals surface area contributed by atoms with Gasteiger partial charge in [0.25, 0.3) is 5.56 Å². The smallest absolute Gasteiger partial charge is 0.330 e. The van der Waals surface area contributed by atoms with Crippen LogP contribution in [0.2, 0.25) is 13.1 Å². The maximum absolute atomic E-state index is 12.5. The Morgan fingerprint density at radius 1 is 1.46 bits per heavy atom. The first-order chi connectivity index (χ1) is 11.9. The van der Waals surface area contributed by atoms with Gasteiger partial charge in [0, 0.05) is 18.2 Å². The van der Waals surface area contributed by atoms with Crippen molar-refractivity contribution < 1.29 is 19.4 Å². The van der Waals surface area contributed by atoms with E-state index in [1.54, 1.807) is 6.92 Å². The van der Waals surface area contributed by atoms with Crippen LogP contribution in [0, 0.1) is 6.92 Å². The molecule has 2 heterocycles. The van der Waals surface area contributed by atoms with Gasteiger partial charge in [0.15, 0.2) is 6.29 Å². The van der Waals surface area contributed by atoms with Crippen LogP contribution in [-0.4, -0.2) is 53.7 Å². The van der Waals surface area contributed by atoms with Crippen LogP contribution in [-0.2, 0) is 19.6 Å². The topological polar surface area (TPSA) is 111 Å². The first-order valence-electron chi connectivity index (χ1n) is 8.73. The van der Waals surface area contributed by atoms with Crippen LogP contribution in [0.15, 0.2) is 15.8 Å². The summed E-state index contributed by atoms with van der Waals surface area (Å²) in [7, 11) is -1.74. The minimum atomic E-state index is -1.74. The highest BCUT2D eigenvalue weighted by Crippen LogP contribution is 2.40. The zero-order valence-electron chi connectivity index (χ0n) is 16.1.